The molecule has 1 aromatic carbocycles. The third-order valence-electron chi connectivity index (χ3n) is 5.29. The molecule has 3 rings (SSSR count). The summed E-state index contributed by atoms with van der Waals surface area (Å²) in [7, 11) is 3.29. The van der Waals surface area contributed by atoms with Crippen molar-refractivity contribution >= 4 is 46.2 Å². The number of allylic oxidation sites excluding steroid dienone is 1. The average Bonchev–Trinajstić information content (AvgIpc) is 2.91. The van der Waals surface area contributed by atoms with Gasteiger partial charge in [-0.2, -0.15) is 0 Å². The van der Waals surface area contributed by atoms with Crippen molar-refractivity contribution in [2.75, 3.05) is 19.1 Å². The maximum absolute atomic E-state index is 12.7. The number of fused-ring (bicyclic) bond motifs is 1. The van der Waals surface area contributed by atoms with Gasteiger partial charge in [-0.05, 0) is 68.8 Å². The molecular formula is C21H24N2O4S. The molecule has 2 aliphatic heterocycles. The number of likely N-dealkylation sites (N-methyl/N-ethyl adjacent to an activating group) is 1. The molecule has 2 amide bonds. The van der Waals surface area contributed by atoms with Gasteiger partial charge in [0, 0.05) is 18.3 Å². The van der Waals surface area contributed by atoms with Gasteiger partial charge in [-0.1, -0.05) is 12.1 Å². The third kappa shape index (κ3) is 3.35. The third-order valence-corrected chi connectivity index (χ3v) is 6.18. The molecule has 0 radical (unpaired) electrons. The van der Waals surface area contributed by atoms with E-state index in [1.54, 1.807) is 6.08 Å². The molecule has 0 N–H and O–H groups in total. The minimum absolute atomic E-state index is 0.0781. The molecule has 1 fully saturated rings. The molecule has 1 atom stereocenters. The van der Waals surface area contributed by atoms with E-state index in [0.717, 1.165) is 33.5 Å². The molecule has 0 spiro atoms. The van der Waals surface area contributed by atoms with Crippen molar-refractivity contribution in [2.24, 2.45) is 0 Å². The smallest absolute Gasteiger partial charge is 0.328 e. The van der Waals surface area contributed by atoms with Crippen LogP contribution < -0.4 is 4.90 Å². The maximum Gasteiger partial charge on any atom is 0.328 e. The Bertz CT molecular complexity index is 932. The van der Waals surface area contributed by atoms with Gasteiger partial charge in [0.1, 0.15) is 6.04 Å². The summed E-state index contributed by atoms with van der Waals surface area (Å²) < 4.78 is 4.65. The zero-order valence-electron chi connectivity index (χ0n) is 16.9. The summed E-state index contributed by atoms with van der Waals surface area (Å²) in [6.45, 7) is 7.87. The van der Waals surface area contributed by atoms with Crippen molar-refractivity contribution in [1.29, 1.82) is 0 Å². The van der Waals surface area contributed by atoms with E-state index in [1.807, 2.05) is 18.2 Å². The lowest BCUT2D eigenvalue weighted by molar-refractivity contribution is -0.148. The highest BCUT2D eigenvalue weighted by atomic mass is 32.2. The zero-order valence-corrected chi connectivity index (χ0v) is 17.7. The number of thioether (sulfide) groups is 1. The summed E-state index contributed by atoms with van der Waals surface area (Å²) >= 11 is 0.837. The fourth-order valence-corrected chi connectivity index (χ4v) is 4.42. The lowest BCUT2D eigenvalue weighted by Gasteiger charge is -2.40. The highest BCUT2D eigenvalue weighted by Crippen LogP contribution is 2.39. The van der Waals surface area contributed by atoms with Crippen LogP contribution in [0.1, 0.15) is 38.8 Å². The first-order chi connectivity index (χ1) is 13.1. The number of hydrogen-bond donors (Lipinski definition) is 0. The maximum atomic E-state index is 12.7. The van der Waals surface area contributed by atoms with E-state index in [-0.39, 0.29) is 5.54 Å². The van der Waals surface area contributed by atoms with Crippen molar-refractivity contribution in [3.8, 4) is 0 Å². The lowest BCUT2D eigenvalue weighted by Crippen LogP contribution is -2.42. The number of esters is 1. The quantitative estimate of drug-likeness (QED) is 0.566. The Morgan fingerprint density at radius 2 is 1.96 bits per heavy atom. The van der Waals surface area contributed by atoms with E-state index < -0.39 is 23.2 Å². The van der Waals surface area contributed by atoms with Gasteiger partial charge in [0.15, 0.2) is 0 Å². The number of benzene rings is 1. The van der Waals surface area contributed by atoms with Crippen LogP contribution >= 0.6 is 11.8 Å². The Kier molecular flexibility index (Phi) is 5.14. The first kappa shape index (κ1) is 20.2. The second-order valence-corrected chi connectivity index (χ2v) is 8.56. The van der Waals surface area contributed by atoms with Crippen molar-refractivity contribution in [3.63, 3.8) is 0 Å². The van der Waals surface area contributed by atoms with Gasteiger partial charge in [0.25, 0.3) is 11.1 Å². The van der Waals surface area contributed by atoms with E-state index in [1.165, 1.54) is 19.6 Å². The Hall–Kier alpha value is -2.54. The standard InChI is InChI=1S/C21H24N2O4S/c1-12-11-21(3,4)22(5)16-8-7-14(9-15(12)16)10-17-18(24)23(20(26)28-17)13(2)19(25)27-6/h7-11,13H,1-6H3/b17-10+/t13-/m0/s1. The van der Waals surface area contributed by atoms with Crippen molar-refractivity contribution in [2.45, 2.75) is 39.3 Å². The molecule has 2 heterocycles. The van der Waals surface area contributed by atoms with Crippen LogP contribution in [0.2, 0.25) is 0 Å². The molecule has 7 heteroatoms. The molecule has 0 bridgehead atoms. The molecule has 28 heavy (non-hydrogen) atoms. The highest BCUT2D eigenvalue weighted by molar-refractivity contribution is 8.18. The van der Waals surface area contributed by atoms with E-state index in [0.29, 0.717) is 4.91 Å². The van der Waals surface area contributed by atoms with Crippen molar-refractivity contribution < 1.29 is 19.1 Å². The van der Waals surface area contributed by atoms with E-state index in [9.17, 15) is 14.4 Å². The Labute approximate surface area is 169 Å². The molecule has 1 aromatic rings. The van der Waals surface area contributed by atoms with Gasteiger partial charge < -0.3 is 9.64 Å². The molecule has 0 unspecified atom stereocenters. The van der Waals surface area contributed by atoms with Crippen LogP contribution in [0, 0.1) is 0 Å². The van der Waals surface area contributed by atoms with Crippen LogP contribution in [0.3, 0.4) is 0 Å². The Morgan fingerprint density at radius 1 is 1.29 bits per heavy atom. The number of anilines is 1. The number of methoxy groups -OCH3 is 1. The van der Waals surface area contributed by atoms with Gasteiger partial charge in [0.2, 0.25) is 0 Å². The largest absolute Gasteiger partial charge is 0.467 e. The molecule has 0 aromatic heterocycles. The van der Waals surface area contributed by atoms with Gasteiger partial charge in [0.05, 0.1) is 17.6 Å². The number of nitrogens with zero attached hydrogens (tertiary/aromatic N) is 2. The summed E-state index contributed by atoms with van der Waals surface area (Å²) in [5.41, 5.74) is 4.13. The van der Waals surface area contributed by atoms with Crippen LogP contribution in [-0.4, -0.2) is 47.8 Å². The predicted molar refractivity (Wildman–Crippen MR) is 112 cm³/mol. The molecule has 2 aliphatic rings. The SMILES string of the molecule is COC(=O)[C@H](C)N1C(=O)S/C(=C/c2ccc3c(c2)C(C)=CC(C)(C)N3C)C1=O. The minimum Gasteiger partial charge on any atom is -0.467 e. The van der Waals surface area contributed by atoms with Gasteiger partial charge in [-0.25, -0.2) is 4.79 Å². The summed E-state index contributed by atoms with van der Waals surface area (Å²) in [5.74, 6) is -1.10. The monoisotopic (exact) mass is 400 g/mol. The minimum atomic E-state index is -0.951. The predicted octanol–water partition coefficient (Wildman–Crippen LogP) is 3.92. The summed E-state index contributed by atoms with van der Waals surface area (Å²) in [6.07, 6.45) is 3.91. The number of amides is 2. The number of ether oxygens (including phenoxy) is 1. The normalized spacial score (nSPS) is 20.9. The average molecular weight is 401 g/mol. The Balaban J connectivity index is 1.94. The Morgan fingerprint density at radius 3 is 2.61 bits per heavy atom. The highest BCUT2D eigenvalue weighted by Gasteiger charge is 2.41. The van der Waals surface area contributed by atoms with Crippen LogP contribution in [0.4, 0.5) is 10.5 Å². The number of rotatable bonds is 3. The van der Waals surface area contributed by atoms with E-state index in [2.05, 4.69) is 43.5 Å². The summed E-state index contributed by atoms with van der Waals surface area (Å²) in [6, 6.07) is 5.03. The molecule has 0 aliphatic carbocycles. The second-order valence-electron chi connectivity index (χ2n) is 7.57. The number of carbonyl (C=O) groups is 3. The number of imide groups is 1. The van der Waals surface area contributed by atoms with E-state index >= 15 is 0 Å². The molecule has 1 saturated heterocycles. The second kappa shape index (κ2) is 7.13. The van der Waals surface area contributed by atoms with Crippen LogP contribution in [0.15, 0.2) is 29.2 Å². The molecular weight excluding hydrogens is 376 g/mol. The summed E-state index contributed by atoms with van der Waals surface area (Å²) in [5, 5.41) is -0.468. The molecule has 0 saturated carbocycles. The first-order valence-corrected chi connectivity index (χ1v) is 9.81. The van der Waals surface area contributed by atoms with Gasteiger partial charge in [-0.15, -0.1) is 0 Å². The topological polar surface area (TPSA) is 66.9 Å². The van der Waals surface area contributed by atoms with Gasteiger partial charge in [-0.3, -0.25) is 14.5 Å². The fraction of sp³-hybridized carbons (Fsp3) is 0.381. The number of carbonyl (C=O) groups excluding carboxylic acids is 3. The van der Waals surface area contributed by atoms with Crippen LogP contribution in [-0.2, 0) is 14.3 Å². The first-order valence-electron chi connectivity index (χ1n) is 8.99. The van der Waals surface area contributed by atoms with E-state index in [4.69, 9.17) is 0 Å². The number of hydrogen-bond acceptors (Lipinski definition) is 6. The molecule has 6 nitrogen and oxygen atoms in total. The van der Waals surface area contributed by atoms with Crippen molar-refractivity contribution in [3.05, 3.63) is 40.3 Å². The molecule has 148 valence electrons. The zero-order chi connectivity index (χ0) is 20.8. The van der Waals surface area contributed by atoms with Gasteiger partial charge >= 0.3 is 5.97 Å². The summed E-state index contributed by atoms with van der Waals surface area (Å²) in [4.78, 5) is 40.1. The van der Waals surface area contributed by atoms with Crippen molar-refractivity contribution in [1.82, 2.24) is 4.90 Å². The van der Waals surface area contributed by atoms with Crippen LogP contribution in [0.25, 0.3) is 11.6 Å². The fourth-order valence-electron chi connectivity index (χ4n) is 3.51. The lowest BCUT2D eigenvalue weighted by atomic mass is 9.88. The van der Waals surface area contributed by atoms with Crippen LogP contribution in [0.5, 0.6) is 0 Å².